The highest BCUT2D eigenvalue weighted by Gasteiger charge is 2.14. The molecule has 0 aliphatic rings. The lowest BCUT2D eigenvalue weighted by molar-refractivity contribution is -0.139. The second kappa shape index (κ2) is 8.11. The van der Waals surface area contributed by atoms with E-state index < -0.39 is 5.97 Å². The fourth-order valence-corrected chi connectivity index (χ4v) is 2.31. The van der Waals surface area contributed by atoms with Crippen LogP contribution in [0, 0.1) is 0 Å². The zero-order valence-electron chi connectivity index (χ0n) is 10.9. The van der Waals surface area contributed by atoms with Gasteiger partial charge in [0.2, 0.25) is 0 Å². The Labute approximate surface area is 130 Å². The third-order valence-electron chi connectivity index (χ3n) is 2.58. The van der Waals surface area contributed by atoms with E-state index in [0.717, 1.165) is 0 Å². The van der Waals surface area contributed by atoms with Crippen LogP contribution in [0.3, 0.4) is 0 Å². The van der Waals surface area contributed by atoms with E-state index in [1.165, 1.54) is 4.90 Å². The minimum absolute atomic E-state index is 0.0791. The summed E-state index contributed by atoms with van der Waals surface area (Å²) in [6, 6.07) is 4.99. The molecule has 0 unspecified atom stereocenters. The van der Waals surface area contributed by atoms with Crippen LogP contribution in [0.25, 0.3) is 0 Å². The average molecular weight is 365 g/mol. The highest BCUT2D eigenvalue weighted by molar-refractivity contribution is 9.10. The molecule has 0 saturated heterocycles. The maximum atomic E-state index is 11.9. The molecule has 0 aliphatic heterocycles. The van der Waals surface area contributed by atoms with Gasteiger partial charge in [0.1, 0.15) is 5.75 Å². The summed E-state index contributed by atoms with van der Waals surface area (Å²) in [5.41, 5.74) is 0. The largest absolute Gasteiger partial charge is 0.483 e. The number of hydrogen-bond donors (Lipinski definition) is 1. The first-order chi connectivity index (χ1) is 9.43. The quantitative estimate of drug-likeness (QED) is 0.808. The third-order valence-corrected chi connectivity index (χ3v) is 3.43. The molecule has 0 heterocycles. The predicted octanol–water partition coefficient (Wildman–Crippen LogP) is 2.80. The number of ether oxygens (including phenoxy) is 1. The zero-order chi connectivity index (χ0) is 15.1. The van der Waals surface area contributed by atoms with Crippen molar-refractivity contribution in [1.29, 1.82) is 0 Å². The number of likely N-dealkylation sites (N-methyl/N-ethyl adjacent to an activating group) is 1. The number of carbonyl (C=O) groups is 2. The fourth-order valence-electron chi connectivity index (χ4n) is 1.51. The van der Waals surface area contributed by atoms with E-state index in [9.17, 15) is 9.59 Å². The summed E-state index contributed by atoms with van der Waals surface area (Å²) in [4.78, 5) is 23.9. The van der Waals surface area contributed by atoms with Gasteiger partial charge in [0, 0.05) is 18.1 Å². The van der Waals surface area contributed by atoms with Crippen molar-refractivity contribution in [3.63, 3.8) is 0 Å². The van der Waals surface area contributed by atoms with Gasteiger partial charge in [-0.15, -0.1) is 0 Å². The van der Waals surface area contributed by atoms with Crippen LogP contribution in [-0.2, 0) is 9.59 Å². The van der Waals surface area contributed by atoms with E-state index in [2.05, 4.69) is 15.9 Å². The van der Waals surface area contributed by atoms with Crippen molar-refractivity contribution in [2.24, 2.45) is 0 Å². The molecule has 110 valence electrons. The van der Waals surface area contributed by atoms with Crippen LogP contribution >= 0.6 is 27.5 Å². The topological polar surface area (TPSA) is 66.8 Å². The van der Waals surface area contributed by atoms with Crippen LogP contribution in [0.1, 0.15) is 13.3 Å². The number of halogens is 2. The minimum Gasteiger partial charge on any atom is -0.483 e. The molecule has 0 radical (unpaired) electrons. The Hall–Kier alpha value is -1.27. The molecular formula is C13H15BrClNO4. The molecule has 0 aliphatic carbocycles. The van der Waals surface area contributed by atoms with Gasteiger partial charge in [0.25, 0.3) is 5.91 Å². The van der Waals surface area contributed by atoms with Crippen LogP contribution in [0.5, 0.6) is 5.75 Å². The fraction of sp³-hybridized carbons (Fsp3) is 0.385. The van der Waals surface area contributed by atoms with Crippen LogP contribution < -0.4 is 4.74 Å². The molecule has 1 aromatic rings. The van der Waals surface area contributed by atoms with E-state index >= 15 is 0 Å². The second-order valence-electron chi connectivity index (χ2n) is 3.98. The molecule has 0 saturated carbocycles. The molecule has 0 fully saturated rings. The minimum atomic E-state index is -0.933. The van der Waals surface area contributed by atoms with Gasteiger partial charge in [-0.3, -0.25) is 9.59 Å². The molecule has 0 atom stereocenters. The van der Waals surface area contributed by atoms with Crippen molar-refractivity contribution in [2.45, 2.75) is 13.3 Å². The van der Waals surface area contributed by atoms with E-state index in [0.29, 0.717) is 21.8 Å². The van der Waals surface area contributed by atoms with Crippen molar-refractivity contribution in [2.75, 3.05) is 19.7 Å². The van der Waals surface area contributed by atoms with Crippen LogP contribution in [0.15, 0.2) is 22.7 Å². The lowest BCUT2D eigenvalue weighted by Gasteiger charge is -2.20. The first kappa shape index (κ1) is 16.8. The average Bonchev–Trinajstić information content (AvgIpc) is 2.38. The molecule has 1 aromatic carbocycles. The van der Waals surface area contributed by atoms with E-state index in [-0.39, 0.29) is 25.5 Å². The first-order valence-electron chi connectivity index (χ1n) is 6.01. The van der Waals surface area contributed by atoms with Crippen molar-refractivity contribution >= 4 is 39.4 Å². The predicted molar refractivity (Wildman–Crippen MR) is 79.2 cm³/mol. The van der Waals surface area contributed by atoms with E-state index in [1.807, 2.05) is 0 Å². The molecule has 5 nitrogen and oxygen atoms in total. The van der Waals surface area contributed by atoms with Crippen molar-refractivity contribution in [3.05, 3.63) is 27.7 Å². The van der Waals surface area contributed by atoms with Crippen molar-refractivity contribution in [1.82, 2.24) is 4.90 Å². The van der Waals surface area contributed by atoms with Gasteiger partial charge >= 0.3 is 5.97 Å². The maximum absolute atomic E-state index is 11.9. The zero-order valence-corrected chi connectivity index (χ0v) is 13.3. The van der Waals surface area contributed by atoms with E-state index in [1.54, 1.807) is 25.1 Å². The molecular weight excluding hydrogens is 350 g/mol. The Morgan fingerprint density at radius 1 is 1.45 bits per heavy atom. The SMILES string of the molecule is CCN(CCC(=O)O)C(=O)COc1ccc(Cl)cc1Br. The lowest BCUT2D eigenvalue weighted by Crippen LogP contribution is -2.36. The standard InChI is InChI=1S/C13H15BrClNO4/c1-2-16(6-5-13(18)19)12(17)8-20-11-4-3-9(15)7-10(11)14/h3-4,7H,2,5-6,8H2,1H3,(H,18,19). The first-order valence-corrected chi connectivity index (χ1v) is 7.18. The Morgan fingerprint density at radius 3 is 2.70 bits per heavy atom. The normalized spacial score (nSPS) is 10.2. The summed E-state index contributed by atoms with van der Waals surface area (Å²) in [7, 11) is 0. The number of aliphatic carboxylic acids is 1. The molecule has 7 heteroatoms. The molecule has 1 amide bonds. The van der Waals surface area contributed by atoms with Crippen LogP contribution in [-0.4, -0.2) is 41.6 Å². The van der Waals surface area contributed by atoms with Gasteiger partial charge in [0.05, 0.1) is 10.9 Å². The Morgan fingerprint density at radius 2 is 2.15 bits per heavy atom. The highest BCUT2D eigenvalue weighted by atomic mass is 79.9. The number of benzene rings is 1. The summed E-state index contributed by atoms with van der Waals surface area (Å²) in [5, 5.41) is 9.18. The third kappa shape index (κ3) is 5.38. The molecule has 20 heavy (non-hydrogen) atoms. The summed E-state index contributed by atoms with van der Waals surface area (Å²) in [6.07, 6.45) is -0.0791. The maximum Gasteiger partial charge on any atom is 0.305 e. The van der Waals surface area contributed by atoms with Gasteiger partial charge in [-0.05, 0) is 41.1 Å². The Kier molecular flexibility index (Phi) is 6.81. The molecule has 0 spiro atoms. The van der Waals surface area contributed by atoms with Crippen molar-refractivity contribution in [3.8, 4) is 5.75 Å². The van der Waals surface area contributed by atoms with Gasteiger partial charge in [-0.25, -0.2) is 0 Å². The number of hydrogen-bond acceptors (Lipinski definition) is 3. The van der Waals surface area contributed by atoms with E-state index in [4.69, 9.17) is 21.4 Å². The molecule has 0 bridgehead atoms. The van der Waals surface area contributed by atoms with Crippen molar-refractivity contribution < 1.29 is 19.4 Å². The molecule has 1 rings (SSSR count). The number of carboxylic acids is 1. The van der Waals surface area contributed by atoms with Gasteiger partial charge in [-0.1, -0.05) is 11.6 Å². The second-order valence-corrected chi connectivity index (χ2v) is 5.27. The van der Waals surface area contributed by atoms with Gasteiger partial charge < -0.3 is 14.7 Å². The molecule has 1 N–H and O–H groups in total. The number of nitrogens with zero attached hydrogens (tertiary/aromatic N) is 1. The Balaban J connectivity index is 2.54. The molecule has 0 aromatic heterocycles. The number of amides is 1. The highest BCUT2D eigenvalue weighted by Crippen LogP contribution is 2.27. The Bertz CT molecular complexity index is 495. The summed E-state index contributed by atoms with van der Waals surface area (Å²) < 4.78 is 6.06. The lowest BCUT2D eigenvalue weighted by atomic mass is 10.3. The van der Waals surface area contributed by atoms with Crippen LogP contribution in [0.2, 0.25) is 5.02 Å². The number of carbonyl (C=O) groups excluding carboxylic acids is 1. The number of carboxylic acid groups (broad SMARTS) is 1. The smallest absolute Gasteiger partial charge is 0.305 e. The van der Waals surface area contributed by atoms with Crippen LogP contribution in [0.4, 0.5) is 0 Å². The summed E-state index contributed by atoms with van der Waals surface area (Å²) in [5.74, 6) is -0.676. The number of rotatable bonds is 7. The van der Waals surface area contributed by atoms with Gasteiger partial charge in [-0.2, -0.15) is 0 Å². The van der Waals surface area contributed by atoms with Gasteiger partial charge in [0.15, 0.2) is 6.61 Å². The summed E-state index contributed by atoms with van der Waals surface area (Å²) >= 11 is 9.10. The summed E-state index contributed by atoms with van der Waals surface area (Å²) in [6.45, 7) is 2.26. The monoisotopic (exact) mass is 363 g/mol.